The molecule has 0 saturated carbocycles. The maximum Gasteiger partial charge on any atom is 0.391 e. The second-order valence-corrected chi connectivity index (χ2v) is 4.58. The first-order valence-corrected chi connectivity index (χ1v) is 6.59. The third kappa shape index (κ3) is 8.00. The third-order valence-corrected chi connectivity index (χ3v) is 3.03. The Kier molecular flexibility index (Phi) is 8.77. The number of rotatable bonds is 9. The molecule has 0 heterocycles. The number of hydrogen-bond acceptors (Lipinski definition) is 0. The molecule has 0 amide bonds. The summed E-state index contributed by atoms with van der Waals surface area (Å²) in [5, 5.41) is 0. The van der Waals surface area contributed by atoms with Gasteiger partial charge in [-0.05, 0) is 12.8 Å². The normalized spacial score (nSPS) is 14.1. The summed E-state index contributed by atoms with van der Waals surface area (Å²) in [6.45, 7) is 4.09. The molecular formula is C13H25F3. The highest BCUT2D eigenvalue weighted by molar-refractivity contribution is 4.68. The van der Waals surface area contributed by atoms with Crippen LogP contribution in [-0.2, 0) is 0 Å². The predicted molar refractivity (Wildman–Crippen MR) is 62.4 cm³/mol. The molecule has 3 heteroatoms. The first-order valence-electron chi connectivity index (χ1n) is 6.59. The average molecular weight is 238 g/mol. The Bertz CT molecular complexity index is 152. The van der Waals surface area contributed by atoms with E-state index in [1.165, 1.54) is 0 Å². The molecule has 0 saturated heterocycles. The zero-order chi connectivity index (χ0) is 12.4. The Balaban J connectivity index is 3.82. The van der Waals surface area contributed by atoms with E-state index in [-0.39, 0.29) is 0 Å². The Morgan fingerprint density at radius 1 is 0.750 bits per heavy atom. The molecule has 0 bridgehead atoms. The summed E-state index contributed by atoms with van der Waals surface area (Å²) in [6, 6.07) is 0. The van der Waals surface area contributed by atoms with Crippen LogP contribution in [0.15, 0.2) is 0 Å². The fourth-order valence-electron chi connectivity index (χ4n) is 1.93. The van der Waals surface area contributed by atoms with Gasteiger partial charge >= 0.3 is 6.18 Å². The maximum absolute atomic E-state index is 12.7. The van der Waals surface area contributed by atoms with Gasteiger partial charge in [-0.15, -0.1) is 0 Å². The van der Waals surface area contributed by atoms with Crippen LogP contribution in [0.2, 0.25) is 0 Å². The van der Waals surface area contributed by atoms with Crippen molar-refractivity contribution in [1.82, 2.24) is 0 Å². The van der Waals surface area contributed by atoms with E-state index >= 15 is 0 Å². The Morgan fingerprint density at radius 2 is 1.19 bits per heavy atom. The van der Waals surface area contributed by atoms with Crippen molar-refractivity contribution in [3.63, 3.8) is 0 Å². The summed E-state index contributed by atoms with van der Waals surface area (Å²) < 4.78 is 38.0. The van der Waals surface area contributed by atoms with Crippen LogP contribution >= 0.6 is 0 Å². The Labute approximate surface area is 97.6 Å². The van der Waals surface area contributed by atoms with Gasteiger partial charge in [-0.25, -0.2) is 0 Å². The van der Waals surface area contributed by atoms with E-state index < -0.39 is 12.1 Å². The van der Waals surface area contributed by atoms with E-state index in [0.29, 0.717) is 19.3 Å². The summed E-state index contributed by atoms with van der Waals surface area (Å²) >= 11 is 0. The van der Waals surface area contributed by atoms with Crippen LogP contribution in [0.4, 0.5) is 13.2 Å². The molecule has 0 spiro atoms. The quantitative estimate of drug-likeness (QED) is 0.451. The van der Waals surface area contributed by atoms with Gasteiger partial charge in [0.25, 0.3) is 0 Å². The van der Waals surface area contributed by atoms with Crippen molar-refractivity contribution in [2.45, 2.75) is 77.8 Å². The van der Waals surface area contributed by atoms with Crippen molar-refractivity contribution in [2.75, 3.05) is 0 Å². The van der Waals surface area contributed by atoms with E-state index in [4.69, 9.17) is 0 Å². The van der Waals surface area contributed by atoms with E-state index in [1.807, 2.05) is 6.92 Å². The molecule has 0 aromatic rings. The average Bonchev–Trinajstić information content (AvgIpc) is 2.20. The van der Waals surface area contributed by atoms with Gasteiger partial charge in [0.1, 0.15) is 0 Å². The third-order valence-electron chi connectivity index (χ3n) is 3.03. The van der Waals surface area contributed by atoms with Crippen LogP contribution in [0.1, 0.15) is 71.6 Å². The fraction of sp³-hybridized carbons (Fsp3) is 1.00. The molecular weight excluding hydrogens is 213 g/mol. The Morgan fingerprint density at radius 3 is 1.62 bits per heavy atom. The highest BCUT2D eigenvalue weighted by Gasteiger charge is 2.37. The first-order chi connectivity index (χ1) is 7.52. The lowest BCUT2D eigenvalue weighted by Gasteiger charge is -2.20. The van der Waals surface area contributed by atoms with E-state index in [1.54, 1.807) is 0 Å². The second-order valence-electron chi connectivity index (χ2n) is 4.58. The summed E-state index contributed by atoms with van der Waals surface area (Å²) in [6.07, 6.45) is 3.08. The van der Waals surface area contributed by atoms with Gasteiger partial charge in [0.05, 0.1) is 5.92 Å². The van der Waals surface area contributed by atoms with Gasteiger partial charge in [-0.1, -0.05) is 58.8 Å². The van der Waals surface area contributed by atoms with E-state index in [0.717, 1.165) is 38.5 Å². The van der Waals surface area contributed by atoms with Crippen molar-refractivity contribution in [2.24, 2.45) is 5.92 Å². The second kappa shape index (κ2) is 8.89. The predicted octanol–water partition coefficient (Wildman–Crippen LogP) is 5.72. The van der Waals surface area contributed by atoms with Crippen LogP contribution in [0.5, 0.6) is 0 Å². The molecule has 0 aliphatic heterocycles. The molecule has 98 valence electrons. The largest absolute Gasteiger partial charge is 0.391 e. The fourth-order valence-corrected chi connectivity index (χ4v) is 1.93. The molecule has 0 aliphatic rings. The lowest BCUT2D eigenvalue weighted by Crippen LogP contribution is -2.22. The molecule has 0 nitrogen and oxygen atoms in total. The summed E-state index contributed by atoms with van der Waals surface area (Å²) in [5.41, 5.74) is 0. The smallest absolute Gasteiger partial charge is 0.171 e. The number of alkyl halides is 3. The zero-order valence-electron chi connectivity index (χ0n) is 10.6. The van der Waals surface area contributed by atoms with Crippen LogP contribution in [0, 0.1) is 5.92 Å². The standard InChI is InChI=1S/C13H25F3/c1-3-5-7-9-11-12(13(14,15)16)10-8-6-4-2/h12H,3-11H2,1-2H3. The number of halogens is 3. The van der Waals surface area contributed by atoms with Crippen molar-refractivity contribution in [3.05, 3.63) is 0 Å². The topological polar surface area (TPSA) is 0 Å². The molecule has 0 aromatic carbocycles. The van der Waals surface area contributed by atoms with Crippen molar-refractivity contribution < 1.29 is 13.2 Å². The van der Waals surface area contributed by atoms with Crippen molar-refractivity contribution in [3.8, 4) is 0 Å². The molecule has 0 fully saturated rings. The summed E-state index contributed by atoms with van der Waals surface area (Å²) in [7, 11) is 0. The van der Waals surface area contributed by atoms with Gasteiger partial charge in [0.15, 0.2) is 0 Å². The number of unbranched alkanes of at least 4 members (excludes halogenated alkanes) is 5. The lowest BCUT2D eigenvalue weighted by atomic mass is 9.94. The van der Waals surface area contributed by atoms with Crippen LogP contribution in [0.3, 0.4) is 0 Å². The lowest BCUT2D eigenvalue weighted by molar-refractivity contribution is -0.178. The Hall–Kier alpha value is -0.210. The highest BCUT2D eigenvalue weighted by Crippen LogP contribution is 2.34. The summed E-state index contributed by atoms with van der Waals surface area (Å²) in [4.78, 5) is 0. The zero-order valence-corrected chi connectivity index (χ0v) is 10.6. The van der Waals surface area contributed by atoms with Gasteiger partial charge in [-0.3, -0.25) is 0 Å². The highest BCUT2D eigenvalue weighted by atomic mass is 19.4. The molecule has 0 aliphatic carbocycles. The maximum atomic E-state index is 12.7. The van der Waals surface area contributed by atoms with E-state index in [9.17, 15) is 13.2 Å². The molecule has 0 aromatic heterocycles. The van der Waals surface area contributed by atoms with E-state index in [2.05, 4.69) is 6.92 Å². The molecule has 1 unspecified atom stereocenters. The SMILES string of the molecule is CCCCCCC(CCCCC)C(F)(F)F. The van der Waals surface area contributed by atoms with Gasteiger partial charge in [0, 0.05) is 0 Å². The molecule has 0 N–H and O–H groups in total. The van der Waals surface area contributed by atoms with Gasteiger partial charge in [-0.2, -0.15) is 13.2 Å². The minimum Gasteiger partial charge on any atom is -0.171 e. The van der Waals surface area contributed by atoms with Crippen LogP contribution in [-0.4, -0.2) is 6.18 Å². The summed E-state index contributed by atoms with van der Waals surface area (Å²) in [5.74, 6) is -1.06. The van der Waals surface area contributed by atoms with Crippen LogP contribution in [0.25, 0.3) is 0 Å². The molecule has 1 atom stereocenters. The van der Waals surface area contributed by atoms with Gasteiger partial charge in [0.2, 0.25) is 0 Å². The molecule has 0 rings (SSSR count). The van der Waals surface area contributed by atoms with Crippen molar-refractivity contribution >= 4 is 0 Å². The van der Waals surface area contributed by atoms with Crippen molar-refractivity contribution in [1.29, 1.82) is 0 Å². The monoisotopic (exact) mass is 238 g/mol. The van der Waals surface area contributed by atoms with Crippen LogP contribution < -0.4 is 0 Å². The molecule has 0 radical (unpaired) electrons. The van der Waals surface area contributed by atoms with Gasteiger partial charge < -0.3 is 0 Å². The molecule has 16 heavy (non-hydrogen) atoms. The number of hydrogen-bond donors (Lipinski definition) is 0. The minimum absolute atomic E-state index is 0.323. The minimum atomic E-state index is -3.99. The first kappa shape index (κ1) is 15.8.